The Kier molecular flexibility index (Phi) is 2.84. The Morgan fingerprint density at radius 3 is 2.85 bits per heavy atom. The quantitative estimate of drug-likeness (QED) is 0.740. The number of aromatic amines is 1. The molecule has 70 valence electrons. The lowest BCUT2D eigenvalue weighted by atomic mass is 10.2. The Morgan fingerprint density at radius 1 is 1.62 bits per heavy atom. The number of hydrogen-bond donors (Lipinski definition) is 1. The van der Waals surface area contributed by atoms with E-state index in [0.717, 1.165) is 6.42 Å². The second-order valence-electron chi connectivity index (χ2n) is 2.75. The average Bonchev–Trinajstić information content (AvgIpc) is 2.10. The van der Waals surface area contributed by atoms with E-state index in [1.807, 2.05) is 6.92 Å². The molecule has 0 atom stereocenters. The first-order valence-corrected chi connectivity index (χ1v) is 4.16. The summed E-state index contributed by atoms with van der Waals surface area (Å²) in [5.41, 5.74) is -0.133. The van der Waals surface area contributed by atoms with Crippen LogP contribution in [0, 0.1) is 0 Å². The van der Waals surface area contributed by atoms with Gasteiger partial charge in [-0.3, -0.25) is 14.3 Å². The van der Waals surface area contributed by atoms with Crippen molar-refractivity contribution in [3.05, 3.63) is 39.2 Å². The van der Waals surface area contributed by atoms with Gasteiger partial charge in [-0.15, -0.1) is 0 Å². The number of rotatable bonds is 3. The van der Waals surface area contributed by atoms with Gasteiger partial charge in [0.1, 0.15) is 0 Å². The van der Waals surface area contributed by atoms with Gasteiger partial charge in [0.25, 0.3) is 5.56 Å². The van der Waals surface area contributed by atoms with Gasteiger partial charge in [0.05, 0.1) is 0 Å². The summed E-state index contributed by atoms with van der Waals surface area (Å²) in [6.07, 6.45) is 4.44. The maximum absolute atomic E-state index is 11.2. The van der Waals surface area contributed by atoms with E-state index in [-0.39, 0.29) is 5.56 Å². The topological polar surface area (TPSA) is 54.9 Å². The van der Waals surface area contributed by atoms with Crippen molar-refractivity contribution in [2.24, 2.45) is 0 Å². The summed E-state index contributed by atoms with van der Waals surface area (Å²) < 4.78 is 1.27. The maximum Gasteiger partial charge on any atom is 0.332 e. The van der Waals surface area contributed by atoms with Crippen molar-refractivity contribution < 1.29 is 0 Å². The monoisotopic (exact) mass is 180 g/mol. The van der Waals surface area contributed by atoms with Gasteiger partial charge in [-0.25, -0.2) is 4.79 Å². The smallest absolute Gasteiger partial charge is 0.276 e. The molecule has 0 saturated carbocycles. The molecule has 0 unspecified atom stereocenters. The minimum atomic E-state index is -0.445. The zero-order valence-electron chi connectivity index (χ0n) is 7.54. The van der Waals surface area contributed by atoms with Gasteiger partial charge in [-0.05, 0) is 6.42 Å². The van der Waals surface area contributed by atoms with E-state index >= 15 is 0 Å². The van der Waals surface area contributed by atoms with Gasteiger partial charge in [0, 0.05) is 18.0 Å². The van der Waals surface area contributed by atoms with Crippen LogP contribution in [0.2, 0.25) is 0 Å². The number of aromatic nitrogens is 2. The van der Waals surface area contributed by atoms with Crippen molar-refractivity contribution in [1.29, 1.82) is 0 Å². The molecule has 1 aromatic rings. The zero-order chi connectivity index (χ0) is 9.84. The molecule has 1 heterocycles. The number of aryl methyl sites for hydroxylation is 1. The summed E-state index contributed by atoms with van der Waals surface area (Å²) in [6, 6.07) is 0. The summed E-state index contributed by atoms with van der Waals surface area (Å²) >= 11 is 0. The fraction of sp³-hybridized carbons (Fsp3) is 0.333. The highest BCUT2D eigenvalue weighted by atomic mass is 16.2. The summed E-state index contributed by atoms with van der Waals surface area (Å²) in [5.74, 6) is 0. The van der Waals surface area contributed by atoms with E-state index in [1.165, 1.54) is 17.0 Å². The first-order chi connectivity index (χ1) is 6.19. The molecular weight excluding hydrogens is 168 g/mol. The molecule has 13 heavy (non-hydrogen) atoms. The minimum absolute atomic E-state index is 0.301. The highest BCUT2D eigenvalue weighted by Crippen LogP contribution is 1.93. The summed E-state index contributed by atoms with van der Waals surface area (Å²) in [4.78, 5) is 24.5. The van der Waals surface area contributed by atoms with Crippen LogP contribution in [-0.2, 0) is 6.42 Å². The van der Waals surface area contributed by atoms with Gasteiger partial charge < -0.3 is 0 Å². The number of nitrogens with zero attached hydrogens (tertiary/aromatic N) is 1. The SMILES string of the molecule is C=Cn1cc(CCC)c(=O)[nH]c1=O. The molecule has 1 aromatic heterocycles. The molecule has 0 aliphatic rings. The predicted molar refractivity (Wildman–Crippen MR) is 51.7 cm³/mol. The van der Waals surface area contributed by atoms with Gasteiger partial charge in [0.15, 0.2) is 0 Å². The Morgan fingerprint density at radius 2 is 2.31 bits per heavy atom. The summed E-state index contributed by atoms with van der Waals surface area (Å²) in [7, 11) is 0. The molecule has 0 aromatic carbocycles. The van der Waals surface area contributed by atoms with E-state index in [2.05, 4.69) is 11.6 Å². The van der Waals surface area contributed by atoms with E-state index in [9.17, 15) is 9.59 Å². The van der Waals surface area contributed by atoms with Crippen LogP contribution in [-0.4, -0.2) is 9.55 Å². The van der Waals surface area contributed by atoms with E-state index in [4.69, 9.17) is 0 Å². The molecule has 4 heteroatoms. The lowest BCUT2D eigenvalue weighted by molar-refractivity contribution is 0.842. The molecule has 1 rings (SSSR count). The first kappa shape index (κ1) is 9.51. The second kappa shape index (κ2) is 3.89. The van der Waals surface area contributed by atoms with Crippen LogP contribution in [0.5, 0.6) is 0 Å². The Labute approximate surface area is 75.5 Å². The van der Waals surface area contributed by atoms with Crippen LogP contribution in [0.15, 0.2) is 22.4 Å². The molecule has 0 aliphatic heterocycles. The molecule has 0 bridgehead atoms. The van der Waals surface area contributed by atoms with Crippen molar-refractivity contribution in [2.75, 3.05) is 0 Å². The van der Waals surface area contributed by atoms with E-state index in [0.29, 0.717) is 12.0 Å². The fourth-order valence-corrected chi connectivity index (χ4v) is 1.11. The second-order valence-corrected chi connectivity index (χ2v) is 2.75. The van der Waals surface area contributed by atoms with Crippen molar-refractivity contribution >= 4 is 6.20 Å². The Hall–Kier alpha value is -1.58. The van der Waals surface area contributed by atoms with Gasteiger partial charge in [-0.2, -0.15) is 0 Å². The third-order valence-corrected chi connectivity index (χ3v) is 1.76. The van der Waals surface area contributed by atoms with Crippen LogP contribution in [0.1, 0.15) is 18.9 Å². The molecule has 0 amide bonds. The third kappa shape index (κ3) is 1.96. The van der Waals surface area contributed by atoms with Crippen molar-refractivity contribution in [2.45, 2.75) is 19.8 Å². The van der Waals surface area contributed by atoms with Crippen molar-refractivity contribution in [3.8, 4) is 0 Å². The Balaban J connectivity index is 3.30. The lowest BCUT2D eigenvalue weighted by Crippen LogP contribution is -2.29. The molecule has 1 N–H and O–H groups in total. The lowest BCUT2D eigenvalue weighted by Gasteiger charge is -2.00. The molecular formula is C9H12N2O2. The fourth-order valence-electron chi connectivity index (χ4n) is 1.11. The minimum Gasteiger partial charge on any atom is -0.276 e. The molecule has 0 spiro atoms. The molecule has 4 nitrogen and oxygen atoms in total. The van der Waals surface area contributed by atoms with E-state index in [1.54, 1.807) is 0 Å². The zero-order valence-corrected chi connectivity index (χ0v) is 7.54. The van der Waals surface area contributed by atoms with Crippen LogP contribution in [0.3, 0.4) is 0 Å². The van der Waals surface area contributed by atoms with E-state index < -0.39 is 5.69 Å². The van der Waals surface area contributed by atoms with Gasteiger partial charge >= 0.3 is 5.69 Å². The predicted octanol–water partition coefficient (Wildman–Crippen LogP) is 0.590. The third-order valence-electron chi connectivity index (χ3n) is 1.76. The average molecular weight is 180 g/mol. The number of H-pyrrole nitrogens is 1. The van der Waals surface area contributed by atoms with Gasteiger partial charge in [0.2, 0.25) is 0 Å². The highest BCUT2D eigenvalue weighted by Gasteiger charge is 2.00. The number of hydrogen-bond acceptors (Lipinski definition) is 2. The van der Waals surface area contributed by atoms with Crippen LogP contribution < -0.4 is 11.2 Å². The molecule has 0 saturated heterocycles. The molecule has 0 aliphatic carbocycles. The molecule has 0 radical (unpaired) electrons. The van der Waals surface area contributed by atoms with Crippen molar-refractivity contribution in [1.82, 2.24) is 9.55 Å². The Bertz CT molecular complexity index is 414. The molecule has 0 fully saturated rings. The summed E-state index contributed by atoms with van der Waals surface area (Å²) in [6.45, 7) is 5.44. The van der Waals surface area contributed by atoms with Crippen LogP contribution >= 0.6 is 0 Å². The number of nitrogens with one attached hydrogen (secondary N) is 1. The van der Waals surface area contributed by atoms with Crippen molar-refractivity contribution in [3.63, 3.8) is 0 Å². The maximum atomic E-state index is 11.2. The van der Waals surface area contributed by atoms with Crippen LogP contribution in [0.25, 0.3) is 6.20 Å². The standard InChI is InChI=1S/C9H12N2O2/c1-3-5-7-6-11(4-2)9(13)10-8(7)12/h4,6H,2-3,5H2,1H3,(H,10,12,13). The first-order valence-electron chi connectivity index (χ1n) is 4.16. The van der Waals surface area contributed by atoms with Gasteiger partial charge in [-0.1, -0.05) is 19.9 Å². The normalized spacial score (nSPS) is 9.92. The van der Waals surface area contributed by atoms with Crippen LogP contribution in [0.4, 0.5) is 0 Å². The summed E-state index contributed by atoms with van der Waals surface area (Å²) in [5, 5.41) is 0. The highest BCUT2D eigenvalue weighted by molar-refractivity contribution is 5.18. The largest absolute Gasteiger partial charge is 0.332 e.